The van der Waals surface area contributed by atoms with Crippen LogP contribution in [-0.4, -0.2) is 57.7 Å². The Kier molecular flexibility index (Phi) is 6.62. The standard InChI is InChI=1S/C22H28ClN3O3S/c1-16-8-9-17(2)21(14-16)26(30(4,28)29)18(3)22(27)25-12-10-24(11-13-25)20-7-5-6-19(23)15-20/h5-9,14-15,18H,10-13H2,1-4H3/t18-/m1/s1. The van der Waals surface area contributed by atoms with E-state index in [1.807, 2.05) is 56.3 Å². The molecular formula is C22H28ClN3O3S. The van der Waals surface area contributed by atoms with Gasteiger partial charge in [-0.05, 0) is 56.2 Å². The van der Waals surface area contributed by atoms with Crippen LogP contribution < -0.4 is 9.21 Å². The fourth-order valence-electron chi connectivity index (χ4n) is 3.85. The summed E-state index contributed by atoms with van der Waals surface area (Å²) in [5, 5.41) is 0.678. The predicted molar refractivity (Wildman–Crippen MR) is 123 cm³/mol. The Labute approximate surface area is 184 Å². The van der Waals surface area contributed by atoms with Crippen molar-refractivity contribution in [2.24, 2.45) is 0 Å². The lowest BCUT2D eigenvalue weighted by atomic mass is 10.1. The summed E-state index contributed by atoms with van der Waals surface area (Å²) in [6, 6.07) is 12.5. The van der Waals surface area contributed by atoms with Crippen molar-refractivity contribution in [2.75, 3.05) is 41.6 Å². The zero-order chi connectivity index (χ0) is 22.1. The Hall–Kier alpha value is -2.25. The number of benzene rings is 2. The van der Waals surface area contributed by atoms with Crippen LogP contribution in [0.15, 0.2) is 42.5 Å². The molecule has 162 valence electrons. The molecule has 1 fully saturated rings. The molecule has 1 heterocycles. The van der Waals surface area contributed by atoms with Gasteiger partial charge in [0.1, 0.15) is 6.04 Å². The number of carbonyl (C=O) groups is 1. The van der Waals surface area contributed by atoms with Gasteiger partial charge < -0.3 is 9.80 Å². The number of hydrogen-bond donors (Lipinski definition) is 0. The van der Waals surface area contributed by atoms with Gasteiger partial charge in [-0.1, -0.05) is 29.8 Å². The first-order chi connectivity index (χ1) is 14.1. The average Bonchev–Trinajstić information content (AvgIpc) is 2.69. The van der Waals surface area contributed by atoms with Crippen molar-refractivity contribution in [1.82, 2.24) is 4.90 Å². The number of amides is 1. The van der Waals surface area contributed by atoms with Crippen LogP contribution in [0.2, 0.25) is 5.02 Å². The highest BCUT2D eigenvalue weighted by molar-refractivity contribution is 7.92. The van der Waals surface area contributed by atoms with E-state index in [1.54, 1.807) is 11.8 Å². The molecule has 0 aromatic heterocycles. The fraction of sp³-hybridized carbons (Fsp3) is 0.409. The molecule has 1 amide bonds. The number of sulfonamides is 1. The topological polar surface area (TPSA) is 60.9 Å². The second-order valence-electron chi connectivity index (χ2n) is 7.82. The van der Waals surface area contributed by atoms with Gasteiger partial charge in [-0.3, -0.25) is 9.10 Å². The monoisotopic (exact) mass is 449 g/mol. The lowest BCUT2D eigenvalue weighted by molar-refractivity contribution is -0.132. The molecule has 1 aliphatic rings. The van der Waals surface area contributed by atoms with Gasteiger partial charge in [-0.25, -0.2) is 8.42 Å². The van der Waals surface area contributed by atoms with Crippen LogP contribution in [0.1, 0.15) is 18.1 Å². The van der Waals surface area contributed by atoms with Crippen LogP contribution in [0.5, 0.6) is 0 Å². The molecule has 8 heteroatoms. The largest absolute Gasteiger partial charge is 0.368 e. The summed E-state index contributed by atoms with van der Waals surface area (Å²) >= 11 is 6.09. The van der Waals surface area contributed by atoms with Gasteiger partial charge >= 0.3 is 0 Å². The number of anilines is 2. The number of carbonyl (C=O) groups excluding carboxylic acids is 1. The van der Waals surface area contributed by atoms with Crippen molar-refractivity contribution in [2.45, 2.75) is 26.8 Å². The number of nitrogens with zero attached hydrogens (tertiary/aromatic N) is 3. The van der Waals surface area contributed by atoms with Crippen LogP contribution >= 0.6 is 11.6 Å². The van der Waals surface area contributed by atoms with E-state index in [0.29, 0.717) is 36.9 Å². The molecule has 2 aromatic carbocycles. The Morgan fingerprint density at radius 2 is 1.73 bits per heavy atom. The van der Waals surface area contributed by atoms with Gasteiger partial charge in [0, 0.05) is 36.9 Å². The van der Waals surface area contributed by atoms with Crippen molar-refractivity contribution >= 4 is 38.9 Å². The quantitative estimate of drug-likeness (QED) is 0.701. The average molecular weight is 450 g/mol. The lowest BCUT2D eigenvalue weighted by Gasteiger charge is -2.39. The Morgan fingerprint density at radius 1 is 1.07 bits per heavy atom. The predicted octanol–water partition coefficient (Wildman–Crippen LogP) is 3.46. The van der Waals surface area contributed by atoms with E-state index in [4.69, 9.17) is 11.6 Å². The Morgan fingerprint density at radius 3 is 2.33 bits per heavy atom. The van der Waals surface area contributed by atoms with Gasteiger partial charge in [0.2, 0.25) is 15.9 Å². The van der Waals surface area contributed by atoms with Crippen LogP contribution in [0.3, 0.4) is 0 Å². The third-order valence-electron chi connectivity index (χ3n) is 5.43. The van der Waals surface area contributed by atoms with E-state index in [0.717, 1.165) is 23.1 Å². The summed E-state index contributed by atoms with van der Waals surface area (Å²) in [6.07, 6.45) is 1.15. The van der Waals surface area contributed by atoms with E-state index in [2.05, 4.69) is 4.90 Å². The second kappa shape index (κ2) is 8.86. The maximum atomic E-state index is 13.2. The fourth-order valence-corrected chi connectivity index (χ4v) is 5.26. The molecule has 1 aliphatic heterocycles. The van der Waals surface area contributed by atoms with Gasteiger partial charge in [0.15, 0.2) is 0 Å². The molecule has 0 saturated carbocycles. The smallest absolute Gasteiger partial charge is 0.246 e. The number of piperazine rings is 1. The molecule has 0 spiro atoms. The number of halogens is 1. The van der Waals surface area contributed by atoms with Gasteiger partial charge in [0.05, 0.1) is 11.9 Å². The summed E-state index contributed by atoms with van der Waals surface area (Å²) in [6.45, 7) is 7.82. The number of rotatable bonds is 5. The Bertz CT molecular complexity index is 1030. The summed E-state index contributed by atoms with van der Waals surface area (Å²) in [7, 11) is -3.64. The summed E-state index contributed by atoms with van der Waals surface area (Å²) in [4.78, 5) is 17.2. The van der Waals surface area contributed by atoms with Crippen LogP contribution in [0.4, 0.5) is 11.4 Å². The highest BCUT2D eigenvalue weighted by Crippen LogP contribution is 2.27. The minimum Gasteiger partial charge on any atom is -0.368 e. The van der Waals surface area contributed by atoms with Crippen molar-refractivity contribution in [3.05, 3.63) is 58.6 Å². The first kappa shape index (κ1) is 22.4. The molecule has 1 atom stereocenters. The SMILES string of the molecule is Cc1ccc(C)c(N([C@H](C)C(=O)N2CCN(c3cccc(Cl)c3)CC2)S(C)(=O)=O)c1. The molecule has 2 aromatic rings. The van der Waals surface area contributed by atoms with Gasteiger partial charge in [-0.2, -0.15) is 0 Å². The maximum absolute atomic E-state index is 13.2. The van der Waals surface area contributed by atoms with E-state index < -0.39 is 16.1 Å². The first-order valence-electron chi connectivity index (χ1n) is 9.94. The minimum absolute atomic E-state index is 0.188. The third-order valence-corrected chi connectivity index (χ3v) is 6.90. The van der Waals surface area contributed by atoms with E-state index >= 15 is 0 Å². The molecule has 0 N–H and O–H groups in total. The second-order valence-corrected chi connectivity index (χ2v) is 10.1. The molecule has 0 bridgehead atoms. The van der Waals surface area contributed by atoms with Crippen molar-refractivity contribution < 1.29 is 13.2 Å². The van der Waals surface area contributed by atoms with E-state index in [9.17, 15) is 13.2 Å². The van der Waals surface area contributed by atoms with Crippen LogP contribution in [0.25, 0.3) is 0 Å². The highest BCUT2D eigenvalue weighted by atomic mass is 35.5. The third kappa shape index (κ3) is 4.90. The molecule has 0 aliphatic carbocycles. The van der Waals surface area contributed by atoms with Crippen molar-refractivity contribution in [1.29, 1.82) is 0 Å². The van der Waals surface area contributed by atoms with Crippen molar-refractivity contribution in [3.8, 4) is 0 Å². The summed E-state index contributed by atoms with van der Waals surface area (Å²) in [5.41, 5.74) is 3.34. The molecule has 0 unspecified atom stereocenters. The van der Waals surface area contributed by atoms with Crippen molar-refractivity contribution in [3.63, 3.8) is 0 Å². The summed E-state index contributed by atoms with van der Waals surface area (Å²) in [5.74, 6) is -0.188. The molecule has 1 saturated heterocycles. The first-order valence-corrected chi connectivity index (χ1v) is 12.2. The van der Waals surface area contributed by atoms with Gasteiger partial charge in [0.25, 0.3) is 0 Å². The highest BCUT2D eigenvalue weighted by Gasteiger charge is 2.34. The molecule has 3 rings (SSSR count). The molecule has 6 nitrogen and oxygen atoms in total. The number of aryl methyl sites for hydroxylation is 2. The zero-order valence-corrected chi connectivity index (χ0v) is 19.4. The zero-order valence-electron chi connectivity index (χ0n) is 17.8. The van der Waals surface area contributed by atoms with Crippen LogP contribution in [-0.2, 0) is 14.8 Å². The molecule has 30 heavy (non-hydrogen) atoms. The maximum Gasteiger partial charge on any atom is 0.246 e. The Balaban J connectivity index is 1.77. The molecular weight excluding hydrogens is 422 g/mol. The lowest BCUT2D eigenvalue weighted by Crippen LogP contribution is -2.55. The van der Waals surface area contributed by atoms with E-state index in [1.165, 1.54) is 4.31 Å². The van der Waals surface area contributed by atoms with E-state index in [-0.39, 0.29) is 5.91 Å². The summed E-state index contributed by atoms with van der Waals surface area (Å²) < 4.78 is 26.5. The molecule has 0 radical (unpaired) electrons. The van der Waals surface area contributed by atoms with Crippen LogP contribution in [0, 0.1) is 13.8 Å². The normalized spacial score (nSPS) is 15.8. The minimum atomic E-state index is -3.64. The van der Waals surface area contributed by atoms with Gasteiger partial charge in [-0.15, -0.1) is 0 Å². The number of hydrogen-bond acceptors (Lipinski definition) is 4.